The maximum atomic E-state index is 11.8. The Morgan fingerprint density at radius 2 is 1.70 bits per heavy atom. The topological polar surface area (TPSA) is 130 Å². The van der Waals surface area contributed by atoms with E-state index in [0.717, 1.165) is 19.3 Å². The molecule has 0 rings (SSSR count). The fourth-order valence-corrected chi connectivity index (χ4v) is 3.28. The number of aliphatic hydroxyl groups excluding tert-OH is 2. The number of unbranched alkanes of at least 4 members (excludes halogenated alkanes) is 6. The van der Waals surface area contributed by atoms with Gasteiger partial charge in [0.1, 0.15) is 0 Å². The van der Waals surface area contributed by atoms with Crippen LogP contribution in [-0.2, 0) is 14.9 Å². The summed E-state index contributed by atoms with van der Waals surface area (Å²) in [6.45, 7) is 2.89. The van der Waals surface area contributed by atoms with E-state index in [1.807, 2.05) is 0 Å². The molecule has 0 heterocycles. The molecule has 8 nitrogen and oxygen atoms in total. The van der Waals surface area contributed by atoms with Crippen molar-refractivity contribution in [3.63, 3.8) is 0 Å². The standard InChI is InChI=1S/C17H36N2O6S.Na/c1-2-3-4-5-6-7-8-9-17(22)18-10-11-19(12-13-20)14-16(21)15-26(23,24)25;/h16,20-21H,2-15H2,1H3,(H,18,22)(H,23,24,25);/q;+1/p-1. The molecule has 156 valence electrons. The van der Waals surface area contributed by atoms with Crippen molar-refractivity contribution in [3.8, 4) is 0 Å². The molecule has 0 saturated heterocycles. The van der Waals surface area contributed by atoms with Crippen molar-refractivity contribution < 1.29 is 57.5 Å². The van der Waals surface area contributed by atoms with Crippen molar-refractivity contribution >= 4 is 16.0 Å². The molecule has 3 N–H and O–H groups in total. The normalized spacial score (nSPS) is 12.6. The molecule has 1 atom stereocenters. The Labute approximate surface area is 186 Å². The Morgan fingerprint density at radius 1 is 1.11 bits per heavy atom. The minimum atomic E-state index is -4.50. The first kappa shape index (κ1) is 29.5. The summed E-state index contributed by atoms with van der Waals surface area (Å²) < 4.78 is 31.9. The molecule has 0 radical (unpaired) electrons. The summed E-state index contributed by atoms with van der Waals surface area (Å²) in [7, 11) is -4.50. The molecule has 0 fully saturated rings. The molecule has 0 aromatic carbocycles. The van der Waals surface area contributed by atoms with E-state index < -0.39 is 22.0 Å². The van der Waals surface area contributed by atoms with Gasteiger partial charge < -0.3 is 20.1 Å². The van der Waals surface area contributed by atoms with Crippen LogP contribution >= 0.6 is 0 Å². The average Bonchev–Trinajstić information content (AvgIpc) is 2.52. The quantitative estimate of drug-likeness (QED) is 0.135. The number of hydrogen-bond donors (Lipinski definition) is 3. The molecule has 0 spiro atoms. The molecular formula is C17H35N2NaO6S. The van der Waals surface area contributed by atoms with Crippen LogP contribution in [0.2, 0.25) is 0 Å². The van der Waals surface area contributed by atoms with E-state index in [1.54, 1.807) is 4.90 Å². The zero-order valence-electron chi connectivity index (χ0n) is 16.9. The van der Waals surface area contributed by atoms with Crippen LogP contribution in [0.5, 0.6) is 0 Å². The van der Waals surface area contributed by atoms with Gasteiger partial charge in [0.25, 0.3) is 0 Å². The minimum absolute atomic E-state index is 0. The monoisotopic (exact) mass is 418 g/mol. The second-order valence-electron chi connectivity index (χ2n) is 6.62. The molecular weight excluding hydrogens is 383 g/mol. The van der Waals surface area contributed by atoms with E-state index >= 15 is 0 Å². The molecule has 0 bridgehead atoms. The number of carbonyl (C=O) groups is 1. The van der Waals surface area contributed by atoms with Crippen molar-refractivity contribution in [2.75, 3.05) is 38.5 Å². The van der Waals surface area contributed by atoms with Crippen LogP contribution < -0.4 is 34.9 Å². The number of carbonyl (C=O) groups excluding carboxylic acids is 1. The SMILES string of the molecule is CCCCCCCCCC(=O)NCCN(CCO)CC(O)CS(=O)(=O)[O-].[Na+]. The molecule has 0 saturated carbocycles. The number of amides is 1. The van der Waals surface area contributed by atoms with Crippen molar-refractivity contribution in [3.05, 3.63) is 0 Å². The van der Waals surface area contributed by atoms with Gasteiger partial charge in [-0.1, -0.05) is 45.4 Å². The van der Waals surface area contributed by atoms with E-state index in [2.05, 4.69) is 12.2 Å². The smallest absolute Gasteiger partial charge is 0.748 e. The molecule has 1 unspecified atom stereocenters. The fourth-order valence-electron chi connectivity index (χ4n) is 2.71. The molecule has 0 aromatic heterocycles. The molecule has 10 heteroatoms. The summed E-state index contributed by atoms with van der Waals surface area (Å²) in [5.41, 5.74) is 0. The predicted octanol–water partition coefficient (Wildman–Crippen LogP) is -2.55. The summed E-state index contributed by atoms with van der Waals surface area (Å²) in [6.07, 6.45) is 7.17. The van der Waals surface area contributed by atoms with Crippen molar-refractivity contribution in [2.45, 2.75) is 64.4 Å². The summed E-state index contributed by atoms with van der Waals surface area (Å²) in [5.74, 6) is -0.898. The number of hydrogen-bond acceptors (Lipinski definition) is 7. The average molecular weight is 419 g/mol. The Balaban J connectivity index is 0. The van der Waals surface area contributed by atoms with E-state index in [-0.39, 0.29) is 55.2 Å². The number of nitrogens with one attached hydrogen (secondary N) is 1. The number of nitrogens with zero attached hydrogens (tertiary/aromatic N) is 1. The number of aliphatic hydroxyl groups is 2. The van der Waals surface area contributed by atoms with Gasteiger partial charge in [0.2, 0.25) is 5.91 Å². The first-order valence-electron chi connectivity index (χ1n) is 9.50. The van der Waals surface area contributed by atoms with Gasteiger partial charge in [-0.25, -0.2) is 8.42 Å². The molecule has 0 aliphatic heterocycles. The Morgan fingerprint density at radius 3 is 2.26 bits per heavy atom. The summed E-state index contributed by atoms with van der Waals surface area (Å²) in [5, 5.41) is 21.4. The summed E-state index contributed by atoms with van der Waals surface area (Å²) >= 11 is 0. The van der Waals surface area contributed by atoms with Crippen molar-refractivity contribution in [1.82, 2.24) is 10.2 Å². The third-order valence-corrected chi connectivity index (χ3v) is 4.83. The van der Waals surface area contributed by atoms with E-state index in [9.17, 15) is 22.9 Å². The van der Waals surface area contributed by atoms with Crippen LogP contribution in [0.1, 0.15) is 58.3 Å². The van der Waals surface area contributed by atoms with Gasteiger partial charge in [0.05, 0.1) is 28.6 Å². The zero-order chi connectivity index (χ0) is 19.8. The fraction of sp³-hybridized carbons (Fsp3) is 0.941. The van der Waals surface area contributed by atoms with Gasteiger partial charge in [-0.2, -0.15) is 0 Å². The maximum Gasteiger partial charge on any atom is 1.00 e. The third-order valence-electron chi connectivity index (χ3n) is 4.04. The molecule has 1 amide bonds. The van der Waals surface area contributed by atoms with Crippen LogP contribution in [0.25, 0.3) is 0 Å². The first-order chi connectivity index (χ1) is 12.3. The Kier molecular flexibility index (Phi) is 20.0. The molecule has 0 aliphatic rings. The second kappa shape index (κ2) is 18.3. The van der Waals surface area contributed by atoms with Gasteiger partial charge >= 0.3 is 29.6 Å². The van der Waals surface area contributed by atoms with Crippen LogP contribution in [0.15, 0.2) is 0 Å². The van der Waals surface area contributed by atoms with Gasteiger partial charge in [0, 0.05) is 32.6 Å². The molecule has 27 heavy (non-hydrogen) atoms. The van der Waals surface area contributed by atoms with E-state index in [0.29, 0.717) is 19.5 Å². The van der Waals surface area contributed by atoms with Crippen LogP contribution in [0, 0.1) is 0 Å². The van der Waals surface area contributed by atoms with Crippen LogP contribution in [-0.4, -0.2) is 78.6 Å². The van der Waals surface area contributed by atoms with Crippen LogP contribution in [0.4, 0.5) is 0 Å². The van der Waals surface area contributed by atoms with Gasteiger partial charge in [-0.15, -0.1) is 0 Å². The number of rotatable bonds is 17. The van der Waals surface area contributed by atoms with Crippen LogP contribution in [0.3, 0.4) is 0 Å². The Hall–Kier alpha value is 0.260. The second-order valence-corrected chi connectivity index (χ2v) is 8.07. The summed E-state index contributed by atoms with van der Waals surface area (Å²) in [4.78, 5) is 13.4. The first-order valence-corrected chi connectivity index (χ1v) is 11.1. The Bertz CT molecular complexity index is 464. The van der Waals surface area contributed by atoms with Crippen molar-refractivity contribution in [2.24, 2.45) is 0 Å². The zero-order valence-corrected chi connectivity index (χ0v) is 19.7. The third kappa shape index (κ3) is 20.8. The van der Waals surface area contributed by atoms with E-state index in [1.165, 1.54) is 25.7 Å². The van der Waals surface area contributed by atoms with Gasteiger partial charge in [-0.3, -0.25) is 9.69 Å². The minimum Gasteiger partial charge on any atom is -0.748 e. The van der Waals surface area contributed by atoms with Gasteiger partial charge in [-0.05, 0) is 6.42 Å². The molecule has 0 aliphatic carbocycles. The predicted molar refractivity (Wildman–Crippen MR) is 99.7 cm³/mol. The van der Waals surface area contributed by atoms with Gasteiger partial charge in [0.15, 0.2) is 0 Å². The maximum absolute atomic E-state index is 11.8. The molecule has 0 aromatic rings. The summed E-state index contributed by atoms with van der Waals surface area (Å²) in [6, 6.07) is 0. The van der Waals surface area contributed by atoms with E-state index in [4.69, 9.17) is 5.11 Å². The van der Waals surface area contributed by atoms with Crippen molar-refractivity contribution in [1.29, 1.82) is 0 Å². The largest absolute Gasteiger partial charge is 1.00 e.